The van der Waals surface area contributed by atoms with Gasteiger partial charge in [0.2, 0.25) is 0 Å². The van der Waals surface area contributed by atoms with Crippen LogP contribution in [0.3, 0.4) is 0 Å². The van der Waals surface area contributed by atoms with Gasteiger partial charge in [-0.1, -0.05) is 41.9 Å². The second kappa shape index (κ2) is 9.04. The molecule has 5 rings (SSSR count). The summed E-state index contributed by atoms with van der Waals surface area (Å²) in [6.07, 6.45) is 1.78. The number of likely N-dealkylation sites (tertiary alicyclic amines) is 1. The quantitative estimate of drug-likeness (QED) is 0.455. The van der Waals surface area contributed by atoms with Gasteiger partial charge in [-0.15, -0.1) is 0 Å². The Morgan fingerprint density at radius 3 is 2.64 bits per heavy atom. The van der Waals surface area contributed by atoms with Crippen LogP contribution in [0.1, 0.15) is 36.2 Å². The van der Waals surface area contributed by atoms with Gasteiger partial charge in [-0.25, -0.2) is 4.79 Å². The third-order valence-corrected chi connectivity index (χ3v) is 6.76. The van der Waals surface area contributed by atoms with Gasteiger partial charge in [-0.3, -0.25) is 9.36 Å². The van der Waals surface area contributed by atoms with Crippen LogP contribution in [0.25, 0.3) is 21.8 Å². The SMILES string of the molecule is CC(CN1CCC(n2c(=O)[nH]c3cc(Cl)ccc32)CC1)NC(=O)c1ccc2ccccc2c1. The fraction of sp³-hybridized carbons (Fsp3) is 0.308. The van der Waals surface area contributed by atoms with Crippen molar-refractivity contribution < 1.29 is 4.79 Å². The monoisotopic (exact) mass is 462 g/mol. The maximum Gasteiger partial charge on any atom is 0.326 e. The second-order valence-electron chi connectivity index (χ2n) is 8.93. The number of piperidine rings is 1. The van der Waals surface area contributed by atoms with E-state index in [4.69, 9.17) is 11.6 Å². The molecular formula is C26H27ClN4O2. The summed E-state index contributed by atoms with van der Waals surface area (Å²) >= 11 is 6.07. The number of amides is 1. The Morgan fingerprint density at radius 2 is 1.85 bits per heavy atom. The molecule has 2 heterocycles. The third kappa shape index (κ3) is 4.54. The first-order valence-electron chi connectivity index (χ1n) is 11.4. The van der Waals surface area contributed by atoms with Crippen molar-refractivity contribution in [2.45, 2.75) is 31.8 Å². The van der Waals surface area contributed by atoms with E-state index in [9.17, 15) is 9.59 Å². The maximum atomic E-state index is 12.8. The van der Waals surface area contributed by atoms with Gasteiger partial charge in [0.05, 0.1) is 11.0 Å². The lowest BCUT2D eigenvalue weighted by molar-refractivity contribution is 0.0921. The molecule has 1 amide bonds. The number of hydrogen-bond acceptors (Lipinski definition) is 3. The number of hydrogen-bond donors (Lipinski definition) is 2. The first kappa shape index (κ1) is 21.7. The molecule has 1 aliphatic heterocycles. The molecule has 1 aliphatic rings. The van der Waals surface area contributed by atoms with Gasteiger partial charge >= 0.3 is 5.69 Å². The predicted molar refractivity (Wildman–Crippen MR) is 133 cm³/mol. The van der Waals surface area contributed by atoms with E-state index in [1.54, 1.807) is 6.07 Å². The van der Waals surface area contributed by atoms with Crippen molar-refractivity contribution in [3.8, 4) is 0 Å². The van der Waals surface area contributed by atoms with Gasteiger partial charge in [-0.05, 0) is 60.9 Å². The molecule has 6 nitrogen and oxygen atoms in total. The van der Waals surface area contributed by atoms with Crippen LogP contribution in [-0.4, -0.2) is 46.0 Å². The van der Waals surface area contributed by atoms with Crippen molar-refractivity contribution in [2.24, 2.45) is 0 Å². The molecule has 1 fully saturated rings. The number of halogens is 1. The molecule has 0 saturated carbocycles. The largest absolute Gasteiger partial charge is 0.348 e. The van der Waals surface area contributed by atoms with Crippen LogP contribution in [0.4, 0.5) is 0 Å². The first-order valence-corrected chi connectivity index (χ1v) is 11.8. The van der Waals surface area contributed by atoms with Crippen molar-refractivity contribution >= 4 is 39.3 Å². The minimum Gasteiger partial charge on any atom is -0.348 e. The molecule has 7 heteroatoms. The Morgan fingerprint density at radius 1 is 1.09 bits per heavy atom. The number of rotatable bonds is 5. The molecule has 0 radical (unpaired) electrons. The molecule has 170 valence electrons. The zero-order valence-corrected chi connectivity index (χ0v) is 19.3. The molecule has 1 unspecified atom stereocenters. The van der Waals surface area contributed by atoms with Crippen LogP contribution in [-0.2, 0) is 0 Å². The van der Waals surface area contributed by atoms with Gasteiger partial charge in [0.1, 0.15) is 0 Å². The summed E-state index contributed by atoms with van der Waals surface area (Å²) in [5.74, 6) is -0.0489. The predicted octanol–water partition coefficient (Wildman–Crippen LogP) is 4.59. The summed E-state index contributed by atoms with van der Waals surface area (Å²) in [5, 5.41) is 5.94. The number of imidazole rings is 1. The van der Waals surface area contributed by atoms with Gasteiger partial charge in [0, 0.05) is 42.3 Å². The molecular weight excluding hydrogens is 436 g/mol. The van der Waals surface area contributed by atoms with Crippen LogP contribution in [0, 0.1) is 0 Å². The average Bonchev–Trinajstić information content (AvgIpc) is 3.13. The fourth-order valence-electron chi connectivity index (χ4n) is 4.90. The van der Waals surface area contributed by atoms with Crippen molar-refractivity contribution in [2.75, 3.05) is 19.6 Å². The summed E-state index contributed by atoms with van der Waals surface area (Å²) in [4.78, 5) is 30.6. The minimum atomic E-state index is -0.0817. The summed E-state index contributed by atoms with van der Waals surface area (Å²) in [6.45, 7) is 4.59. The molecule has 4 aromatic rings. The smallest absolute Gasteiger partial charge is 0.326 e. The molecule has 2 N–H and O–H groups in total. The number of H-pyrrole nitrogens is 1. The van der Waals surface area contributed by atoms with Crippen molar-refractivity contribution in [3.63, 3.8) is 0 Å². The molecule has 0 bridgehead atoms. The molecule has 0 spiro atoms. The van der Waals surface area contributed by atoms with Crippen LogP contribution in [0.15, 0.2) is 65.5 Å². The van der Waals surface area contributed by atoms with Gasteiger partial charge in [-0.2, -0.15) is 0 Å². The number of aromatic amines is 1. The summed E-state index contributed by atoms with van der Waals surface area (Å²) in [6, 6.07) is 19.6. The Bertz CT molecular complexity index is 1370. The topological polar surface area (TPSA) is 70.1 Å². The zero-order chi connectivity index (χ0) is 22.9. The standard InChI is InChI=1S/C26H27ClN4O2/c1-17(28-25(32)20-7-6-18-4-2-3-5-19(18)14-20)16-30-12-10-22(11-13-30)31-24-9-8-21(27)15-23(24)29-26(31)33/h2-9,14-15,17,22H,10-13,16H2,1H3,(H,28,32)(H,29,33). The maximum absolute atomic E-state index is 12.8. The van der Waals surface area contributed by atoms with E-state index >= 15 is 0 Å². The highest BCUT2D eigenvalue weighted by Crippen LogP contribution is 2.26. The highest BCUT2D eigenvalue weighted by Gasteiger charge is 2.25. The number of fused-ring (bicyclic) bond motifs is 2. The normalized spacial score (nSPS) is 16.3. The van der Waals surface area contributed by atoms with E-state index in [2.05, 4.69) is 15.2 Å². The van der Waals surface area contributed by atoms with Crippen LogP contribution in [0.5, 0.6) is 0 Å². The number of carbonyl (C=O) groups is 1. The van der Waals surface area contributed by atoms with E-state index in [0.717, 1.165) is 54.3 Å². The lowest BCUT2D eigenvalue weighted by Gasteiger charge is -2.34. The van der Waals surface area contributed by atoms with E-state index in [1.165, 1.54) is 0 Å². The van der Waals surface area contributed by atoms with Crippen molar-refractivity contribution in [1.82, 2.24) is 19.8 Å². The van der Waals surface area contributed by atoms with Crippen molar-refractivity contribution in [3.05, 3.63) is 81.7 Å². The summed E-state index contributed by atoms with van der Waals surface area (Å²) < 4.78 is 1.87. The Labute approximate surface area is 197 Å². The van der Waals surface area contributed by atoms with E-state index < -0.39 is 0 Å². The molecule has 1 atom stereocenters. The molecule has 1 saturated heterocycles. The molecule has 1 aromatic heterocycles. The van der Waals surface area contributed by atoms with Crippen molar-refractivity contribution in [1.29, 1.82) is 0 Å². The van der Waals surface area contributed by atoms with Crippen LogP contribution < -0.4 is 11.0 Å². The second-order valence-corrected chi connectivity index (χ2v) is 9.37. The number of aromatic nitrogens is 2. The van der Waals surface area contributed by atoms with Gasteiger partial charge in [0.25, 0.3) is 5.91 Å². The van der Waals surface area contributed by atoms with E-state index in [1.807, 2.05) is 66.1 Å². The Balaban J connectivity index is 1.18. The average molecular weight is 463 g/mol. The lowest BCUT2D eigenvalue weighted by Crippen LogP contribution is -2.45. The minimum absolute atomic E-state index is 0.0264. The molecule has 33 heavy (non-hydrogen) atoms. The number of carbonyl (C=O) groups excluding carboxylic acids is 1. The Kier molecular flexibility index (Phi) is 5.96. The molecule has 0 aliphatic carbocycles. The first-order chi connectivity index (χ1) is 16.0. The number of benzene rings is 3. The lowest BCUT2D eigenvalue weighted by atomic mass is 10.0. The molecule has 3 aromatic carbocycles. The van der Waals surface area contributed by atoms with Gasteiger partial charge < -0.3 is 15.2 Å². The Hall–Kier alpha value is -3.09. The zero-order valence-electron chi connectivity index (χ0n) is 18.6. The summed E-state index contributed by atoms with van der Waals surface area (Å²) in [5.41, 5.74) is 2.28. The van der Waals surface area contributed by atoms with Crippen LogP contribution in [0.2, 0.25) is 5.02 Å². The summed E-state index contributed by atoms with van der Waals surface area (Å²) in [7, 11) is 0. The van der Waals surface area contributed by atoms with E-state index in [0.29, 0.717) is 10.6 Å². The van der Waals surface area contributed by atoms with Gasteiger partial charge in [0.15, 0.2) is 0 Å². The highest BCUT2D eigenvalue weighted by molar-refractivity contribution is 6.31. The highest BCUT2D eigenvalue weighted by atomic mass is 35.5. The van der Waals surface area contributed by atoms with E-state index in [-0.39, 0.29) is 23.7 Å². The van der Waals surface area contributed by atoms with Crippen LogP contribution >= 0.6 is 11.6 Å². The number of nitrogens with zero attached hydrogens (tertiary/aromatic N) is 2. The fourth-order valence-corrected chi connectivity index (χ4v) is 5.07. The number of nitrogens with one attached hydrogen (secondary N) is 2. The third-order valence-electron chi connectivity index (χ3n) is 6.52.